The van der Waals surface area contributed by atoms with E-state index in [0.717, 1.165) is 72.3 Å². The Balaban J connectivity index is 0.814. The van der Waals surface area contributed by atoms with Gasteiger partial charge in [-0.3, -0.25) is 4.57 Å². The van der Waals surface area contributed by atoms with Crippen LogP contribution in [0.5, 0.6) is 0 Å². The van der Waals surface area contributed by atoms with Gasteiger partial charge >= 0.3 is 0 Å². The fourth-order valence-corrected chi connectivity index (χ4v) is 15.2. The van der Waals surface area contributed by atoms with Crippen LogP contribution in [0.2, 0.25) is 0 Å². The Labute approximate surface area is 504 Å². The zero-order valence-electron chi connectivity index (χ0n) is 48.7. The highest BCUT2D eigenvalue weighted by atomic mass is 15.2. The SMILES string of the molecule is CC1(C)c2ccc(-c3ccc4c(c3)c3cc5c(cc3n4-c3ccccc3)-c3ccccc3C5(C)C)cc2-c2cc(-c3ccc4c(c3)c3cc5c(cc3n4-c3nc(-c4ccccc4)cc(-c4ccccc4)n3)c3ccccc3n5-c3ccccc3)ccc21. The smallest absolute Gasteiger partial charge is 0.235 e. The Bertz CT molecular complexity index is 5490. The molecule has 410 valence electrons. The zero-order chi connectivity index (χ0) is 57.9. The van der Waals surface area contributed by atoms with Crippen molar-refractivity contribution in [3.8, 4) is 84.3 Å². The number of aromatic nitrogens is 5. The fraction of sp³-hybridized carbons (Fsp3) is 0.0732. The molecule has 18 rings (SSSR count). The molecule has 0 atom stereocenters. The van der Waals surface area contributed by atoms with Crippen LogP contribution in [0.25, 0.3) is 150 Å². The fourth-order valence-electron chi connectivity index (χ4n) is 15.2. The van der Waals surface area contributed by atoms with Crippen molar-refractivity contribution in [3.05, 3.63) is 295 Å². The van der Waals surface area contributed by atoms with Crippen molar-refractivity contribution in [2.75, 3.05) is 0 Å². The summed E-state index contributed by atoms with van der Waals surface area (Å²) in [6.45, 7) is 9.53. The van der Waals surface area contributed by atoms with Crippen LogP contribution in [0.1, 0.15) is 49.9 Å². The predicted octanol–water partition coefficient (Wildman–Crippen LogP) is 21.0. The summed E-state index contributed by atoms with van der Waals surface area (Å²) in [7, 11) is 0. The van der Waals surface area contributed by atoms with Crippen LogP contribution in [0.3, 0.4) is 0 Å². The van der Waals surface area contributed by atoms with Crippen molar-refractivity contribution in [2.24, 2.45) is 0 Å². The van der Waals surface area contributed by atoms with Gasteiger partial charge in [-0.15, -0.1) is 0 Å². The van der Waals surface area contributed by atoms with E-state index in [9.17, 15) is 0 Å². The number of benzene rings is 12. The maximum absolute atomic E-state index is 5.46. The first-order valence-electron chi connectivity index (χ1n) is 30.3. The molecule has 0 bridgehead atoms. The van der Waals surface area contributed by atoms with Gasteiger partial charge in [0.05, 0.1) is 44.5 Å². The maximum Gasteiger partial charge on any atom is 0.235 e. The molecule has 2 aliphatic carbocycles. The third kappa shape index (κ3) is 7.27. The van der Waals surface area contributed by atoms with Crippen LogP contribution in [-0.4, -0.2) is 23.7 Å². The standard InChI is InChI=1S/C82H57N5/c1-81(2)69-37-33-52(54-35-39-75-63(43-54)65-45-71-62(58-29-17-19-31-68(58)82(71,3)4)46-77(65)86(75)57-27-15-8-16-28-57)41-60(69)61-42-53(34-38-70(61)81)55-36-40-76-64(44-55)67-48-78-66(59-30-18-20-32-74(59)85(78)56-25-13-7-14-26-56)47-79(67)87(76)80-83-72(50-21-9-5-10-22-50)49-73(84-80)51-23-11-6-12-24-51/h5-49H,1-4H3. The first kappa shape index (κ1) is 49.5. The van der Waals surface area contributed by atoms with Gasteiger partial charge < -0.3 is 9.13 Å². The monoisotopic (exact) mass is 1110 g/mol. The third-order valence-electron chi connectivity index (χ3n) is 19.5. The number of hydrogen-bond acceptors (Lipinski definition) is 2. The lowest BCUT2D eigenvalue weighted by Crippen LogP contribution is -2.14. The summed E-state index contributed by atoms with van der Waals surface area (Å²) in [5.41, 5.74) is 28.1. The van der Waals surface area contributed by atoms with Gasteiger partial charge in [0.25, 0.3) is 0 Å². The second-order valence-corrected chi connectivity index (χ2v) is 24.9. The van der Waals surface area contributed by atoms with Crippen molar-refractivity contribution in [1.82, 2.24) is 23.7 Å². The Morgan fingerprint density at radius 3 is 1.22 bits per heavy atom. The topological polar surface area (TPSA) is 40.6 Å². The van der Waals surface area contributed by atoms with Crippen molar-refractivity contribution >= 4 is 65.4 Å². The van der Waals surface area contributed by atoms with Crippen LogP contribution in [0.4, 0.5) is 0 Å². The Hall–Kier alpha value is -10.9. The van der Waals surface area contributed by atoms with E-state index in [4.69, 9.17) is 9.97 Å². The maximum atomic E-state index is 5.46. The minimum absolute atomic E-state index is 0.113. The molecule has 0 aliphatic heterocycles. The molecule has 5 nitrogen and oxygen atoms in total. The summed E-state index contributed by atoms with van der Waals surface area (Å²) in [6, 6.07) is 101. The van der Waals surface area contributed by atoms with Crippen LogP contribution in [0, 0.1) is 0 Å². The Morgan fingerprint density at radius 1 is 0.241 bits per heavy atom. The molecule has 87 heavy (non-hydrogen) atoms. The highest BCUT2D eigenvalue weighted by Gasteiger charge is 2.38. The molecule has 0 radical (unpaired) electrons. The summed E-state index contributed by atoms with van der Waals surface area (Å²) < 4.78 is 7.18. The molecule has 0 amide bonds. The van der Waals surface area contributed by atoms with Gasteiger partial charge in [0.1, 0.15) is 0 Å². The quantitative estimate of drug-likeness (QED) is 0.160. The molecule has 0 N–H and O–H groups in total. The van der Waals surface area contributed by atoms with E-state index in [1.807, 2.05) is 0 Å². The molecule has 0 saturated carbocycles. The minimum atomic E-state index is -0.188. The number of fused-ring (bicyclic) bond motifs is 15. The predicted molar refractivity (Wildman–Crippen MR) is 362 cm³/mol. The number of hydrogen-bond donors (Lipinski definition) is 0. The molecular weight excluding hydrogens is 1050 g/mol. The van der Waals surface area contributed by atoms with E-state index in [1.165, 1.54) is 93.8 Å². The minimum Gasteiger partial charge on any atom is -0.309 e. The Morgan fingerprint density at radius 2 is 0.632 bits per heavy atom. The van der Waals surface area contributed by atoms with E-state index in [-0.39, 0.29) is 10.8 Å². The zero-order valence-corrected chi connectivity index (χ0v) is 48.7. The summed E-state index contributed by atoms with van der Waals surface area (Å²) in [5.74, 6) is 0.626. The van der Waals surface area contributed by atoms with Crippen LogP contribution in [0.15, 0.2) is 273 Å². The molecular formula is C82H57N5. The van der Waals surface area contributed by atoms with Crippen molar-refractivity contribution in [1.29, 1.82) is 0 Å². The number of para-hydroxylation sites is 3. The second-order valence-electron chi connectivity index (χ2n) is 24.9. The lowest BCUT2D eigenvalue weighted by Gasteiger charge is -2.21. The van der Waals surface area contributed by atoms with E-state index in [0.29, 0.717) is 5.95 Å². The summed E-state index contributed by atoms with van der Waals surface area (Å²) in [5, 5.41) is 7.17. The molecule has 0 spiro atoms. The van der Waals surface area contributed by atoms with E-state index in [1.54, 1.807) is 0 Å². The average molecular weight is 1110 g/mol. The number of rotatable bonds is 7. The van der Waals surface area contributed by atoms with Gasteiger partial charge in [0.15, 0.2) is 0 Å². The molecule has 2 aliphatic rings. The summed E-state index contributed by atoms with van der Waals surface area (Å²) in [4.78, 5) is 10.9. The highest BCUT2D eigenvalue weighted by Crippen LogP contribution is 2.54. The van der Waals surface area contributed by atoms with E-state index in [2.05, 4.69) is 314 Å². The van der Waals surface area contributed by atoms with Gasteiger partial charge in [-0.25, -0.2) is 9.97 Å². The molecule has 0 saturated heterocycles. The largest absolute Gasteiger partial charge is 0.309 e. The highest BCUT2D eigenvalue weighted by molar-refractivity contribution is 6.20. The molecule has 4 aromatic heterocycles. The van der Waals surface area contributed by atoms with Crippen LogP contribution in [-0.2, 0) is 10.8 Å². The second kappa shape index (κ2) is 18.3. The van der Waals surface area contributed by atoms with Crippen molar-refractivity contribution in [3.63, 3.8) is 0 Å². The van der Waals surface area contributed by atoms with E-state index >= 15 is 0 Å². The molecule has 5 heteroatoms. The third-order valence-corrected chi connectivity index (χ3v) is 19.5. The number of nitrogens with zero attached hydrogens (tertiary/aromatic N) is 5. The van der Waals surface area contributed by atoms with Gasteiger partial charge in [-0.05, 0) is 164 Å². The first-order chi connectivity index (χ1) is 42.6. The van der Waals surface area contributed by atoms with Gasteiger partial charge in [-0.2, -0.15) is 0 Å². The first-order valence-corrected chi connectivity index (χ1v) is 30.3. The van der Waals surface area contributed by atoms with Crippen LogP contribution >= 0.6 is 0 Å². The summed E-state index contributed by atoms with van der Waals surface area (Å²) in [6.07, 6.45) is 0. The van der Waals surface area contributed by atoms with Crippen LogP contribution < -0.4 is 0 Å². The van der Waals surface area contributed by atoms with Gasteiger partial charge in [-0.1, -0.05) is 204 Å². The summed E-state index contributed by atoms with van der Waals surface area (Å²) >= 11 is 0. The van der Waals surface area contributed by atoms with Gasteiger partial charge in [0, 0.05) is 65.6 Å². The van der Waals surface area contributed by atoms with Crippen molar-refractivity contribution in [2.45, 2.75) is 38.5 Å². The normalized spacial score (nSPS) is 13.7. The molecule has 0 fully saturated rings. The van der Waals surface area contributed by atoms with Crippen molar-refractivity contribution < 1.29 is 0 Å². The molecule has 12 aromatic carbocycles. The molecule has 0 unspecified atom stereocenters. The van der Waals surface area contributed by atoms with Gasteiger partial charge in [0.2, 0.25) is 5.95 Å². The lowest BCUT2D eigenvalue weighted by molar-refractivity contribution is 0.660. The van der Waals surface area contributed by atoms with E-state index < -0.39 is 0 Å². The molecule has 16 aromatic rings. The molecule has 4 heterocycles. The lowest BCUT2D eigenvalue weighted by atomic mass is 9.81. The average Bonchev–Trinajstić information content (AvgIpc) is 1.79. The Kier molecular flexibility index (Phi) is 10.4.